The van der Waals surface area contributed by atoms with Crippen LogP contribution in [-0.4, -0.2) is 56.8 Å². The average molecular weight is 367 g/mol. The molecular weight excluding hydrogens is 332 g/mol. The van der Waals surface area contributed by atoms with Crippen LogP contribution in [0.25, 0.3) is 0 Å². The molecule has 2 heterocycles. The first-order valence-corrected chi connectivity index (χ1v) is 10.1. The summed E-state index contributed by atoms with van der Waals surface area (Å²) >= 11 is 1.84. The Morgan fingerprint density at radius 3 is 2.68 bits per heavy atom. The van der Waals surface area contributed by atoms with Crippen molar-refractivity contribution in [3.05, 3.63) is 22.4 Å². The molecule has 2 N–H and O–H groups in total. The van der Waals surface area contributed by atoms with Gasteiger partial charge in [-0.25, -0.2) is 0 Å². The minimum Gasteiger partial charge on any atom is -0.377 e. The number of aliphatic imine (C=N–C) groups is 1. The number of nitrogens with one attached hydrogen (secondary N) is 2. The summed E-state index contributed by atoms with van der Waals surface area (Å²) < 4.78 is 5.47. The van der Waals surface area contributed by atoms with Gasteiger partial charge in [0.05, 0.1) is 11.6 Å². The van der Waals surface area contributed by atoms with E-state index in [2.05, 4.69) is 58.8 Å². The van der Waals surface area contributed by atoms with E-state index < -0.39 is 0 Å². The quantitative estimate of drug-likeness (QED) is 0.575. The summed E-state index contributed by atoms with van der Waals surface area (Å²) in [7, 11) is 3.56. The molecule has 142 valence electrons. The highest BCUT2D eigenvalue weighted by Gasteiger charge is 2.25. The summed E-state index contributed by atoms with van der Waals surface area (Å²) in [6, 6.07) is 4.80. The molecule has 0 saturated carbocycles. The molecule has 0 aliphatic carbocycles. The molecule has 25 heavy (non-hydrogen) atoms. The van der Waals surface area contributed by atoms with E-state index in [-0.39, 0.29) is 5.60 Å². The Morgan fingerprint density at radius 2 is 2.12 bits per heavy atom. The molecule has 1 aliphatic heterocycles. The van der Waals surface area contributed by atoms with Crippen LogP contribution in [0.3, 0.4) is 0 Å². The van der Waals surface area contributed by atoms with Gasteiger partial charge in [-0.05, 0) is 57.1 Å². The highest BCUT2D eigenvalue weighted by Crippen LogP contribution is 2.29. The number of ether oxygens (including phenoxy) is 1. The summed E-state index contributed by atoms with van der Waals surface area (Å²) in [5.74, 6) is 1.68. The molecule has 0 amide bonds. The minimum absolute atomic E-state index is 0.215. The second kappa shape index (κ2) is 9.55. The Kier molecular flexibility index (Phi) is 7.72. The predicted octanol–water partition coefficient (Wildman–Crippen LogP) is 3.11. The van der Waals surface area contributed by atoms with Gasteiger partial charge in [0, 0.05) is 32.1 Å². The van der Waals surface area contributed by atoms with Crippen LogP contribution in [0.1, 0.15) is 44.5 Å². The van der Waals surface area contributed by atoms with Gasteiger partial charge in [0.25, 0.3) is 0 Å². The van der Waals surface area contributed by atoms with E-state index >= 15 is 0 Å². The van der Waals surface area contributed by atoms with E-state index in [1.807, 2.05) is 18.4 Å². The average Bonchev–Trinajstić information content (AvgIpc) is 3.13. The third-order valence-electron chi connectivity index (χ3n) is 5.05. The zero-order chi connectivity index (χ0) is 18.3. The van der Waals surface area contributed by atoms with Crippen LogP contribution >= 0.6 is 11.3 Å². The molecule has 0 radical (unpaired) electrons. The van der Waals surface area contributed by atoms with Crippen LogP contribution in [-0.2, 0) is 4.74 Å². The van der Waals surface area contributed by atoms with Crippen molar-refractivity contribution < 1.29 is 4.74 Å². The highest BCUT2D eigenvalue weighted by atomic mass is 32.1. The third-order valence-corrected chi connectivity index (χ3v) is 6.02. The number of nitrogens with zero attached hydrogens (tertiary/aromatic N) is 2. The van der Waals surface area contributed by atoms with E-state index in [0.717, 1.165) is 18.4 Å². The Labute approximate surface area is 156 Å². The largest absolute Gasteiger partial charge is 0.377 e. The molecule has 1 saturated heterocycles. The molecule has 0 bridgehead atoms. The number of methoxy groups -OCH3 is 1. The van der Waals surface area contributed by atoms with Crippen molar-refractivity contribution in [1.82, 2.24) is 15.5 Å². The lowest BCUT2D eigenvalue weighted by Gasteiger charge is -2.36. The normalized spacial score (nSPS) is 19.0. The lowest BCUT2D eigenvalue weighted by molar-refractivity contribution is 0.0268. The van der Waals surface area contributed by atoms with Gasteiger partial charge in [-0.1, -0.05) is 13.0 Å². The molecule has 2 rings (SSSR count). The number of hydrogen-bond donors (Lipinski definition) is 2. The fourth-order valence-electron chi connectivity index (χ4n) is 3.01. The standard InChI is InChI=1S/C19H34N4OS/c1-15-8-10-23(11-9-15)16(17-7-6-12-25-17)13-21-18(20-4)22-14-19(2,3)24-5/h6-7,12,15-16H,8-11,13-14H2,1-5H3,(H2,20,21,22). The minimum atomic E-state index is -0.215. The maximum absolute atomic E-state index is 5.47. The molecule has 1 aromatic heterocycles. The number of guanidine groups is 1. The molecule has 1 aliphatic rings. The van der Waals surface area contributed by atoms with Gasteiger partial charge in [-0.3, -0.25) is 9.89 Å². The SMILES string of the molecule is CN=C(NCC(c1cccs1)N1CCC(C)CC1)NCC(C)(C)OC. The molecule has 1 fully saturated rings. The van der Waals surface area contributed by atoms with Crippen LogP contribution in [0, 0.1) is 5.92 Å². The van der Waals surface area contributed by atoms with Crippen molar-refractivity contribution >= 4 is 17.3 Å². The Hall–Kier alpha value is -1.11. The first-order chi connectivity index (χ1) is 11.9. The van der Waals surface area contributed by atoms with E-state index in [0.29, 0.717) is 12.6 Å². The highest BCUT2D eigenvalue weighted by molar-refractivity contribution is 7.10. The van der Waals surface area contributed by atoms with Crippen LogP contribution in [0.5, 0.6) is 0 Å². The molecule has 1 aromatic rings. The van der Waals surface area contributed by atoms with Crippen LogP contribution in [0.4, 0.5) is 0 Å². The third kappa shape index (κ3) is 6.28. The molecule has 5 nitrogen and oxygen atoms in total. The lowest BCUT2D eigenvalue weighted by atomic mass is 9.97. The summed E-state index contributed by atoms with van der Waals surface area (Å²) in [6.07, 6.45) is 2.58. The van der Waals surface area contributed by atoms with Crippen molar-refractivity contribution in [3.63, 3.8) is 0 Å². The molecule has 1 unspecified atom stereocenters. The van der Waals surface area contributed by atoms with Gasteiger partial charge in [0.15, 0.2) is 5.96 Å². The van der Waals surface area contributed by atoms with Crippen LogP contribution in [0.15, 0.2) is 22.5 Å². The number of rotatable bonds is 7. The monoisotopic (exact) mass is 366 g/mol. The fourth-order valence-corrected chi connectivity index (χ4v) is 3.87. The summed E-state index contributed by atoms with van der Waals surface area (Å²) in [5.41, 5.74) is -0.215. The Morgan fingerprint density at radius 1 is 1.40 bits per heavy atom. The van der Waals surface area contributed by atoms with Gasteiger partial charge >= 0.3 is 0 Å². The molecule has 0 aromatic carbocycles. The van der Waals surface area contributed by atoms with Gasteiger partial charge < -0.3 is 15.4 Å². The van der Waals surface area contributed by atoms with E-state index in [1.54, 1.807) is 7.11 Å². The maximum atomic E-state index is 5.47. The van der Waals surface area contributed by atoms with E-state index in [4.69, 9.17) is 4.74 Å². The van der Waals surface area contributed by atoms with Gasteiger partial charge in [-0.2, -0.15) is 0 Å². The van der Waals surface area contributed by atoms with Crippen molar-refractivity contribution in [1.29, 1.82) is 0 Å². The zero-order valence-electron chi connectivity index (χ0n) is 16.3. The number of hydrogen-bond acceptors (Lipinski definition) is 4. The molecule has 0 spiro atoms. The first-order valence-electron chi connectivity index (χ1n) is 9.22. The van der Waals surface area contributed by atoms with Gasteiger partial charge in [0.1, 0.15) is 0 Å². The van der Waals surface area contributed by atoms with Gasteiger partial charge in [-0.15, -0.1) is 11.3 Å². The second-order valence-electron chi connectivity index (χ2n) is 7.52. The van der Waals surface area contributed by atoms with E-state index in [9.17, 15) is 0 Å². The first kappa shape index (κ1) is 20.2. The summed E-state index contributed by atoms with van der Waals surface area (Å²) in [5, 5.41) is 9.05. The lowest BCUT2D eigenvalue weighted by Crippen LogP contribution is -2.48. The van der Waals surface area contributed by atoms with E-state index in [1.165, 1.54) is 30.8 Å². The van der Waals surface area contributed by atoms with Gasteiger partial charge in [0.2, 0.25) is 0 Å². The number of likely N-dealkylation sites (tertiary alicyclic amines) is 1. The second-order valence-corrected chi connectivity index (χ2v) is 8.50. The summed E-state index contributed by atoms with van der Waals surface area (Å²) in [4.78, 5) is 8.40. The molecule has 6 heteroatoms. The zero-order valence-corrected chi connectivity index (χ0v) is 17.2. The van der Waals surface area contributed by atoms with Crippen molar-refractivity contribution in [2.75, 3.05) is 40.3 Å². The summed E-state index contributed by atoms with van der Waals surface area (Å²) in [6.45, 7) is 10.4. The maximum Gasteiger partial charge on any atom is 0.191 e. The Balaban J connectivity index is 1.95. The van der Waals surface area contributed by atoms with Crippen molar-refractivity contribution in [2.45, 2.75) is 45.3 Å². The van der Waals surface area contributed by atoms with Crippen LogP contribution in [0.2, 0.25) is 0 Å². The predicted molar refractivity (Wildman–Crippen MR) is 107 cm³/mol. The smallest absolute Gasteiger partial charge is 0.191 e. The molecular formula is C19H34N4OS. The van der Waals surface area contributed by atoms with Crippen LogP contribution < -0.4 is 10.6 Å². The fraction of sp³-hybridized carbons (Fsp3) is 0.737. The van der Waals surface area contributed by atoms with Crippen molar-refractivity contribution in [2.24, 2.45) is 10.9 Å². The number of piperidine rings is 1. The number of thiophene rings is 1. The Bertz CT molecular complexity index is 522. The van der Waals surface area contributed by atoms with Crippen molar-refractivity contribution in [3.8, 4) is 0 Å². The molecule has 1 atom stereocenters. The topological polar surface area (TPSA) is 48.9 Å².